The maximum Gasteiger partial charge on any atom is 0.373 e. The van der Waals surface area contributed by atoms with Gasteiger partial charge in [-0.3, -0.25) is 4.79 Å². The fourth-order valence-corrected chi connectivity index (χ4v) is 0.441. The van der Waals surface area contributed by atoms with E-state index in [1.165, 1.54) is 0 Å². The van der Waals surface area contributed by atoms with Crippen molar-refractivity contribution < 1.29 is 19.1 Å². The second-order valence-electron chi connectivity index (χ2n) is 1.49. The van der Waals surface area contributed by atoms with E-state index in [0.29, 0.717) is 6.29 Å². The summed E-state index contributed by atoms with van der Waals surface area (Å²) >= 11 is 0. The van der Waals surface area contributed by atoms with Crippen LogP contribution in [0, 0.1) is 0 Å². The Balaban J connectivity index is 2.98. The lowest BCUT2D eigenvalue weighted by atomic mass is 10.5. The second kappa shape index (κ2) is 2.30. The van der Waals surface area contributed by atoms with Gasteiger partial charge in [0.2, 0.25) is 12.0 Å². The third-order valence-electron chi connectivity index (χ3n) is 0.835. The second-order valence-corrected chi connectivity index (χ2v) is 1.49. The summed E-state index contributed by atoms with van der Waals surface area (Å²) in [5.74, 6) is -1.79. The van der Waals surface area contributed by atoms with Gasteiger partial charge >= 0.3 is 5.97 Å². The Morgan fingerprint density at radius 2 is 2.50 bits per heavy atom. The molecule has 0 atom stereocenters. The number of carbonyl (C=O) groups excluding carboxylic acids is 1. The first-order chi connectivity index (χ1) is 4.74. The Hall–Kier alpha value is -1.65. The van der Waals surface area contributed by atoms with E-state index >= 15 is 0 Å². The smallest absolute Gasteiger partial charge is 0.373 e. The van der Waals surface area contributed by atoms with E-state index in [9.17, 15) is 9.59 Å². The average Bonchev–Trinajstić information content (AvgIpc) is 2.34. The van der Waals surface area contributed by atoms with Crippen molar-refractivity contribution in [1.29, 1.82) is 0 Å². The molecule has 1 aromatic heterocycles. The Labute approximate surface area is 55.3 Å². The first-order valence-electron chi connectivity index (χ1n) is 2.38. The van der Waals surface area contributed by atoms with Crippen molar-refractivity contribution in [1.82, 2.24) is 4.98 Å². The van der Waals surface area contributed by atoms with Gasteiger partial charge in [-0.1, -0.05) is 0 Å². The summed E-state index contributed by atoms with van der Waals surface area (Å²) in [5.41, 5.74) is 0. The Morgan fingerprint density at radius 3 is 2.80 bits per heavy atom. The van der Waals surface area contributed by atoms with E-state index in [1.54, 1.807) is 0 Å². The van der Waals surface area contributed by atoms with Gasteiger partial charge in [0.1, 0.15) is 0 Å². The van der Waals surface area contributed by atoms with Gasteiger partial charge in [-0.2, -0.15) is 0 Å². The van der Waals surface area contributed by atoms with E-state index in [1.807, 2.05) is 0 Å². The van der Waals surface area contributed by atoms with Crippen LogP contribution in [0.2, 0.25) is 0 Å². The lowest BCUT2D eigenvalue weighted by Crippen LogP contribution is -1.91. The third kappa shape index (κ3) is 1.02. The molecule has 0 aliphatic carbocycles. The molecule has 10 heavy (non-hydrogen) atoms. The van der Waals surface area contributed by atoms with Crippen LogP contribution in [0.4, 0.5) is 0 Å². The van der Waals surface area contributed by atoms with E-state index in [-0.39, 0.29) is 11.7 Å². The molecule has 52 valence electrons. The van der Waals surface area contributed by atoms with Crippen LogP contribution in [-0.4, -0.2) is 22.3 Å². The van der Waals surface area contributed by atoms with Crippen LogP contribution in [0.15, 0.2) is 10.6 Å². The molecular formula is C5H3NO4. The van der Waals surface area contributed by atoms with Crippen LogP contribution in [0.25, 0.3) is 0 Å². The number of rotatable bonds is 2. The molecule has 0 amide bonds. The molecule has 0 bridgehead atoms. The molecule has 1 rings (SSSR count). The summed E-state index contributed by atoms with van der Waals surface area (Å²) in [6.45, 7) is 0. The zero-order chi connectivity index (χ0) is 7.56. The number of carboxylic acids is 1. The molecule has 0 spiro atoms. The monoisotopic (exact) mass is 141 g/mol. The number of aromatic carboxylic acids is 1. The van der Waals surface area contributed by atoms with Crippen molar-refractivity contribution in [3.05, 3.63) is 17.8 Å². The van der Waals surface area contributed by atoms with Gasteiger partial charge in [0.05, 0.1) is 6.20 Å². The number of aromatic nitrogens is 1. The van der Waals surface area contributed by atoms with Crippen LogP contribution < -0.4 is 0 Å². The van der Waals surface area contributed by atoms with Gasteiger partial charge in [-0.25, -0.2) is 9.78 Å². The number of carboxylic acid groups (broad SMARTS) is 1. The number of oxazole rings is 1. The Morgan fingerprint density at radius 1 is 1.80 bits per heavy atom. The highest BCUT2D eigenvalue weighted by atomic mass is 16.4. The molecule has 0 aromatic carbocycles. The van der Waals surface area contributed by atoms with Crippen LogP contribution >= 0.6 is 0 Å². The molecule has 1 aromatic rings. The Bertz CT molecular complexity index is 264. The van der Waals surface area contributed by atoms with Gasteiger partial charge in [-0.05, 0) is 0 Å². The topological polar surface area (TPSA) is 80.4 Å². The predicted molar refractivity (Wildman–Crippen MR) is 28.8 cm³/mol. The molecule has 5 nitrogen and oxygen atoms in total. The van der Waals surface area contributed by atoms with Crippen molar-refractivity contribution in [2.24, 2.45) is 0 Å². The van der Waals surface area contributed by atoms with Crippen molar-refractivity contribution in [2.45, 2.75) is 0 Å². The largest absolute Gasteiger partial charge is 0.475 e. The lowest BCUT2D eigenvalue weighted by Gasteiger charge is -1.79. The summed E-state index contributed by atoms with van der Waals surface area (Å²) in [5, 5.41) is 8.24. The van der Waals surface area contributed by atoms with E-state index in [2.05, 4.69) is 9.40 Å². The first-order valence-corrected chi connectivity index (χ1v) is 2.38. The van der Waals surface area contributed by atoms with Gasteiger partial charge in [0.15, 0.2) is 0 Å². The minimum atomic E-state index is -1.24. The molecule has 5 heteroatoms. The van der Waals surface area contributed by atoms with Crippen LogP contribution in [-0.2, 0) is 0 Å². The van der Waals surface area contributed by atoms with E-state index < -0.39 is 5.97 Å². The number of nitrogens with zero attached hydrogens (tertiary/aromatic N) is 1. The highest BCUT2D eigenvalue weighted by Crippen LogP contribution is 1.99. The van der Waals surface area contributed by atoms with E-state index in [4.69, 9.17) is 5.11 Å². The standard InChI is InChI=1S/C5H3NO4/c7-2-4-6-1-3(10-4)5(8)9/h1-2H,(H,8,9). The lowest BCUT2D eigenvalue weighted by molar-refractivity contribution is 0.0661. The third-order valence-corrected chi connectivity index (χ3v) is 0.835. The van der Waals surface area contributed by atoms with Gasteiger partial charge < -0.3 is 9.52 Å². The van der Waals surface area contributed by atoms with Gasteiger partial charge in [0, 0.05) is 0 Å². The number of hydrogen-bond acceptors (Lipinski definition) is 4. The fraction of sp³-hybridized carbons (Fsp3) is 0. The van der Waals surface area contributed by atoms with Crippen molar-refractivity contribution >= 4 is 12.3 Å². The molecular weight excluding hydrogens is 138 g/mol. The molecule has 0 aliphatic heterocycles. The fourth-order valence-electron chi connectivity index (χ4n) is 0.441. The summed E-state index contributed by atoms with van der Waals surface area (Å²) in [6.07, 6.45) is 1.32. The molecule has 0 saturated heterocycles. The van der Waals surface area contributed by atoms with Crippen LogP contribution in [0.5, 0.6) is 0 Å². The highest BCUT2D eigenvalue weighted by Gasteiger charge is 2.08. The molecule has 0 fully saturated rings. The number of carbonyl (C=O) groups is 2. The normalized spacial score (nSPS) is 9.20. The minimum Gasteiger partial charge on any atom is -0.475 e. The number of hydrogen-bond donors (Lipinski definition) is 1. The maximum atomic E-state index is 10.1. The molecule has 0 aliphatic rings. The molecule has 1 heterocycles. The summed E-state index contributed by atoms with van der Waals surface area (Å²) < 4.78 is 4.42. The average molecular weight is 141 g/mol. The number of aldehydes is 1. The summed E-state index contributed by atoms with van der Waals surface area (Å²) in [6, 6.07) is 0. The molecule has 1 N–H and O–H groups in total. The SMILES string of the molecule is O=Cc1ncc(C(=O)O)o1. The highest BCUT2D eigenvalue weighted by molar-refractivity contribution is 5.84. The zero-order valence-electron chi connectivity index (χ0n) is 4.77. The molecule has 0 unspecified atom stereocenters. The molecule has 0 radical (unpaired) electrons. The van der Waals surface area contributed by atoms with Crippen LogP contribution in [0.3, 0.4) is 0 Å². The van der Waals surface area contributed by atoms with E-state index in [0.717, 1.165) is 6.20 Å². The van der Waals surface area contributed by atoms with Gasteiger partial charge in [0.25, 0.3) is 5.89 Å². The first kappa shape index (κ1) is 6.47. The molecule has 0 saturated carbocycles. The van der Waals surface area contributed by atoms with Gasteiger partial charge in [-0.15, -0.1) is 0 Å². The van der Waals surface area contributed by atoms with Crippen LogP contribution in [0.1, 0.15) is 21.2 Å². The quantitative estimate of drug-likeness (QED) is 0.594. The Kier molecular flexibility index (Phi) is 1.49. The maximum absolute atomic E-state index is 10.1. The van der Waals surface area contributed by atoms with Crippen molar-refractivity contribution in [2.75, 3.05) is 0 Å². The predicted octanol–water partition coefficient (Wildman–Crippen LogP) is 0.185. The zero-order valence-corrected chi connectivity index (χ0v) is 4.77. The minimum absolute atomic E-state index is 0.225. The summed E-state index contributed by atoms with van der Waals surface area (Å²) in [7, 11) is 0. The van der Waals surface area contributed by atoms with Crippen molar-refractivity contribution in [3.8, 4) is 0 Å². The van der Waals surface area contributed by atoms with Crippen molar-refractivity contribution in [3.63, 3.8) is 0 Å². The summed E-state index contributed by atoms with van der Waals surface area (Å²) in [4.78, 5) is 23.3.